The van der Waals surface area contributed by atoms with Crippen LogP contribution < -0.4 is 5.32 Å². The quantitative estimate of drug-likeness (QED) is 0.677. The summed E-state index contributed by atoms with van der Waals surface area (Å²) in [7, 11) is 0. The topological polar surface area (TPSA) is 40.7 Å². The minimum absolute atomic E-state index is 0.682. The zero-order chi connectivity index (χ0) is 14.7. The second kappa shape index (κ2) is 6.33. The van der Waals surface area contributed by atoms with Gasteiger partial charge in [-0.05, 0) is 47.5 Å². The zero-order valence-electron chi connectivity index (χ0n) is 11.1. The molecule has 5 heteroatoms. The SMILES string of the molecule is Clc1ccc(Br)cc1CNc1ccc(-c2ccn[nH]2)cc1. The van der Waals surface area contributed by atoms with Crippen LogP contribution in [0.4, 0.5) is 5.69 Å². The molecule has 0 saturated carbocycles. The summed E-state index contributed by atoms with van der Waals surface area (Å²) in [4.78, 5) is 0. The van der Waals surface area contributed by atoms with Gasteiger partial charge in [0.05, 0.1) is 5.69 Å². The number of hydrogen-bond donors (Lipinski definition) is 2. The molecule has 0 aliphatic carbocycles. The fourth-order valence-corrected chi connectivity index (χ4v) is 2.65. The molecule has 0 amide bonds. The van der Waals surface area contributed by atoms with Crippen LogP contribution in [-0.2, 0) is 6.54 Å². The molecule has 3 aromatic rings. The lowest BCUT2D eigenvalue weighted by Crippen LogP contribution is -2.00. The van der Waals surface area contributed by atoms with Crippen LogP contribution >= 0.6 is 27.5 Å². The third-order valence-corrected chi connectivity index (χ3v) is 4.05. The Labute approximate surface area is 136 Å². The van der Waals surface area contributed by atoms with Gasteiger partial charge in [0.15, 0.2) is 0 Å². The second-order valence-electron chi connectivity index (χ2n) is 4.64. The van der Waals surface area contributed by atoms with E-state index >= 15 is 0 Å². The number of H-pyrrole nitrogens is 1. The van der Waals surface area contributed by atoms with Gasteiger partial charge in [-0.15, -0.1) is 0 Å². The summed E-state index contributed by atoms with van der Waals surface area (Å²) in [6.07, 6.45) is 1.75. The first-order chi connectivity index (χ1) is 10.2. The lowest BCUT2D eigenvalue weighted by atomic mass is 10.1. The van der Waals surface area contributed by atoms with Gasteiger partial charge >= 0.3 is 0 Å². The Morgan fingerprint density at radius 3 is 2.62 bits per heavy atom. The van der Waals surface area contributed by atoms with Crippen molar-refractivity contribution in [1.82, 2.24) is 10.2 Å². The van der Waals surface area contributed by atoms with E-state index in [1.807, 2.05) is 36.4 Å². The molecule has 21 heavy (non-hydrogen) atoms. The molecule has 0 radical (unpaired) electrons. The standard InChI is InChI=1S/C16H13BrClN3/c17-13-3-6-15(18)12(9-13)10-19-14-4-1-11(2-5-14)16-7-8-20-21-16/h1-9,19H,10H2,(H,20,21). The van der Waals surface area contributed by atoms with Crippen LogP contribution in [0.25, 0.3) is 11.3 Å². The number of nitrogens with zero attached hydrogens (tertiary/aromatic N) is 1. The van der Waals surface area contributed by atoms with Crippen LogP contribution in [0.2, 0.25) is 5.02 Å². The minimum atomic E-state index is 0.682. The summed E-state index contributed by atoms with van der Waals surface area (Å²) in [5, 5.41) is 11.0. The molecule has 0 atom stereocenters. The molecule has 2 N–H and O–H groups in total. The Morgan fingerprint density at radius 1 is 1.10 bits per heavy atom. The highest BCUT2D eigenvalue weighted by Gasteiger charge is 2.02. The van der Waals surface area contributed by atoms with Crippen molar-refractivity contribution in [1.29, 1.82) is 0 Å². The summed E-state index contributed by atoms with van der Waals surface area (Å²) >= 11 is 9.64. The van der Waals surface area contributed by atoms with Crippen molar-refractivity contribution < 1.29 is 0 Å². The largest absolute Gasteiger partial charge is 0.381 e. The van der Waals surface area contributed by atoms with E-state index in [4.69, 9.17) is 11.6 Å². The van der Waals surface area contributed by atoms with Gasteiger partial charge in [-0.3, -0.25) is 5.10 Å². The molecule has 0 aliphatic rings. The molecule has 1 aromatic heterocycles. The third-order valence-electron chi connectivity index (χ3n) is 3.19. The molecule has 0 fully saturated rings. The van der Waals surface area contributed by atoms with Gasteiger partial charge in [0.1, 0.15) is 0 Å². The molecule has 0 bridgehead atoms. The van der Waals surface area contributed by atoms with Gasteiger partial charge in [0.25, 0.3) is 0 Å². The van der Waals surface area contributed by atoms with Crippen LogP contribution in [0.1, 0.15) is 5.56 Å². The molecule has 0 unspecified atom stereocenters. The number of anilines is 1. The Bertz CT molecular complexity index is 724. The summed E-state index contributed by atoms with van der Waals surface area (Å²) in [5.74, 6) is 0. The Hall–Kier alpha value is -1.78. The molecule has 2 aromatic carbocycles. The number of aromatic amines is 1. The van der Waals surface area contributed by atoms with E-state index in [9.17, 15) is 0 Å². The van der Waals surface area contributed by atoms with Crippen molar-refractivity contribution in [2.45, 2.75) is 6.54 Å². The van der Waals surface area contributed by atoms with E-state index in [2.05, 4.69) is 43.6 Å². The third kappa shape index (κ3) is 3.46. The highest BCUT2D eigenvalue weighted by molar-refractivity contribution is 9.10. The highest BCUT2D eigenvalue weighted by Crippen LogP contribution is 2.23. The molecule has 0 aliphatic heterocycles. The summed E-state index contributed by atoms with van der Waals surface area (Å²) in [5.41, 5.74) is 4.23. The van der Waals surface area contributed by atoms with E-state index in [1.165, 1.54) is 0 Å². The van der Waals surface area contributed by atoms with Gasteiger partial charge < -0.3 is 5.32 Å². The molecule has 0 spiro atoms. The van der Waals surface area contributed by atoms with Crippen LogP contribution in [-0.4, -0.2) is 10.2 Å². The van der Waals surface area contributed by atoms with E-state index < -0.39 is 0 Å². The fourth-order valence-electron chi connectivity index (χ4n) is 2.06. The van der Waals surface area contributed by atoms with E-state index in [0.717, 1.165) is 32.0 Å². The van der Waals surface area contributed by atoms with Crippen molar-refractivity contribution in [3.05, 3.63) is 69.8 Å². The van der Waals surface area contributed by atoms with Gasteiger partial charge in [0.2, 0.25) is 0 Å². The molecular formula is C16H13BrClN3. The zero-order valence-corrected chi connectivity index (χ0v) is 13.4. The summed E-state index contributed by atoms with van der Waals surface area (Å²) in [6.45, 7) is 0.682. The number of benzene rings is 2. The van der Waals surface area contributed by atoms with Gasteiger partial charge in [-0.1, -0.05) is 39.7 Å². The Balaban J connectivity index is 1.70. The van der Waals surface area contributed by atoms with Crippen LogP contribution in [0.3, 0.4) is 0 Å². The predicted molar refractivity (Wildman–Crippen MR) is 90.5 cm³/mol. The maximum absolute atomic E-state index is 6.18. The molecule has 106 valence electrons. The number of halogens is 2. The lowest BCUT2D eigenvalue weighted by molar-refractivity contribution is 1.09. The van der Waals surface area contributed by atoms with Crippen LogP contribution in [0.5, 0.6) is 0 Å². The van der Waals surface area contributed by atoms with Crippen molar-refractivity contribution in [3.8, 4) is 11.3 Å². The first-order valence-electron chi connectivity index (χ1n) is 6.50. The minimum Gasteiger partial charge on any atom is -0.381 e. The van der Waals surface area contributed by atoms with Crippen molar-refractivity contribution in [3.63, 3.8) is 0 Å². The normalized spacial score (nSPS) is 10.6. The number of nitrogens with one attached hydrogen (secondary N) is 2. The monoisotopic (exact) mass is 361 g/mol. The van der Waals surface area contributed by atoms with E-state index in [0.29, 0.717) is 6.54 Å². The smallest absolute Gasteiger partial charge is 0.0650 e. The second-order valence-corrected chi connectivity index (χ2v) is 5.96. The first-order valence-corrected chi connectivity index (χ1v) is 7.67. The highest BCUT2D eigenvalue weighted by atomic mass is 79.9. The van der Waals surface area contributed by atoms with Gasteiger partial charge in [-0.25, -0.2) is 0 Å². The fraction of sp³-hybridized carbons (Fsp3) is 0.0625. The summed E-state index contributed by atoms with van der Waals surface area (Å²) in [6, 6.07) is 16.0. The number of rotatable bonds is 4. The molecule has 3 nitrogen and oxygen atoms in total. The van der Waals surface area contributed by atoms with Gasteiger partial charge in [0, 0.05) is 27.9 Å². The van der Waals surface area contributed by atoms with Crippen LogP contribution in [0.15, 0.2) is 59.2 Å². The molecule has 0 saturated heterocycles. The van der Waals surface area contributed by atoms with Gasteiger partial charge in [-0.2, -0.15) is 5.10 Å². The molecule has 3 rings (SSSR count). The predicted octanol–water partition coefficient (Wildman–Crippen LogP) is 5.10. The average Bonchev–Trinajstić information content (AvgIpc) is 3.03. The number of hydrogen-bond acceptors (Lipinski definition) is 2. The Morgan fingerprint density at radius 2 is 1.90 bits per heavy atom. The van der Waals surface area contributed by atoms with Crippen molar-refractivity contribution in [2.75, 3.05) is 5.32 Å². The van der Waals surface area contributed by atoms with Crippen LogP contribution in [0, 0.1) is 0 Å². The average molecular weight is 363 g/mol. The number of aromatic nitrogens is 2. The van der Waals surface area contributed by atoms with E-state index in [-0.39, 0.29) is 0 Å². The maximum Gasteiger partial charge on any atom is 0.0650 e. The van der Waals surface area contributed by atoms with Crippen molar-refractivity contribution >= 4 is 33.2 Å². The molecule has 1 heterocycles. The lowest BCUT2D eigenvalue weighted by Gasteiger charge is -2.09. The van der Waals surface area contributed by atoms with Crippen molar-refractivity contribution in [2.24, 2.45) is 0 Å². The first kappa shape index (κ1) is 14.2. The Kier molecular flexibility index (Phi) is 4.27. The molecular weight excluding hydrogens is 350 g/mol. The maximum atomic E-state index is 6.18. The summed E-state index contributed by atoms with van der Waals surface area (Å²) < 4.78 is 1.03. The van der Waals surface area contributed by atoms with E-state index in [1.54, 1.807) is 6.20 Å².